The summed E-state index contributed by atoms with van der Waals surface area (Å²) < 4.78 is 12.1. The van der Waals surface area contributed by atoms with Gasteiger partial charge in [0.05, 0.1) is 23.2 Å². The minimum absolute atomic E-state index is 0.197. The molecule has 142 valence electrons. The van der Waals surface area contributed by atoms with Crippen LogP contribution in [0.25, 0.3) is 0 Å². The highest BCUT2D eigenvalue weighted by molar-refractivity contribution is 7.12. The fraction of sp³-hybridized carbons (Fsp3) is 0.261. The average molecular weight is 391 g/mol. The Bertz CT molecular complexity index is 982. The van der Waals surface area contributed by atoms with E-state index < -0.39 is 0 Å². The molecule has 0 unspecified atom stereocenters. The molecule has 0 spiro atoms. The van der Waals surface area contributed by atoms with Gasteiger partial charge in [0.1, 0.15) is 11.5 Å². The molecule has 0 aliphatic carbocycles. The van der Waals surface area contributed by atoms with Gasteiger partial charge in [-0.15, -0.1) is 11.3 Å². The van der Waals surface area contributed by atoms with E-state index in [4.69, 9.17) is 14.6 Å². The molecule has 0 saturated carbocycles. The maximum absolute atomic E-state index is 6.40. The molecule has 3 heterocycles. The number of hydrogen-bond acceptors (Lipinski definition) is 5. The average Bonchev–Trinajstić information content (AvgIpc) is 3.42. The van der Waals surface area contributed by atoms with E-state index in [-0.39, 0.29) is 12.3 Å². The van der Waals surface area contributed by atoms with Crippen LogP contribution in [0.15, 0.2) is 71.1 Å². The van der Waals surface area contributed by atoms with Crippen molar-refractivity contribution in [2.24, 2.45) is 5.10 Å². The Hall–Kier alpha value is -2.79. The van der Waals surface area contributed by atoms with E-state index in [0.29, 0.717) is 0 Å². The number of nitrogens with zero attached hydrogens (tertiary/aromatic N) is 2. The van der Waals surface area contributed by atoms with Crippen LogP contribution in [0.3, 0.4) is 0 Å². The Morgan fingerprint density at radius 2 is 1.96 bits per heavy atom. The second-order valence-electron chi connectivity index (χ2n) is 7.05. The van der Waals surface area contributed by atoms with Crippen LogP contribution in [0, 0.1) is 0 Å². The number of benzene rings is 2. The lowest BCUT2D eigenvalue weighted by atomic mass is 9.98. The molecular formula is C23H22N2O2S. The van der Waals surface area contributed by atoms with E-state index in [1.165, 1.54) is 10.4 Å². The van der Waals surface area contributed by atoms with Crippen molar-refractivity contribution in [1.82, 2.24) is 5.01 Å². The van der Waals surface area contributed by atoms with Crippen molar-refractivity contribution in [3.8, 4) is 11.5 Å². The summed E-state index contributed by atoms with van der Waals surface area (Å²) >= 11 is 1.74. The first-order valence-corrected chi connectivity index (χ1v) is 10.6. The molecule has 0 amide bonds. The normalized spacial score (nSPS) is 20.2. The molecule has 0 bridgehead atoms. The first-order chi connectivity index (χ1) is 13.8. The second-order valence-corrected chi connectivity index (χ2v) is 8.00. The molecule has 28 heavy (non-hydrogen) atoms. The van der Waals surface area contributed by atoms with E-state index in [9.17, 15) is 0 Å². The number of hydrogen-bond donors (Lipinski definition) is 0. The predicted molar refractivity (Wildman–Crippen MR) is 112 cm³/mol. The van der Waals surface area contributed by atoms with Gasteiger partial charge in [0.2, 0.25) is 6.23 Å². The van der Waals surface area contributed by atoms with Gasteiger partial charge in [0.25, 0.3) is 0 Å². The highest BCUT2D eigenvalue weighted by atomic mass is 32.1. The van der Waals surface area contributed by atoms with Gasteiger partial charge in [0.15, 0.2) is 0 Å². The maximum atomic E-state index is 6.40. The van der Waals surface area contributed by atoms with Crippen LogP contribution in [0.5, 0.6) is 11.5 Å². The Kier molecular flexibility index (Phi) is 4.53. The van der Waals surface area contributed by atoms with Crippen molar-refractivity contribution >= 4 is 17.0 Å². The molecule has 2 aliphatic rings. The van der Waals surface area contributed by atoms with Crippen LogP contribution < -0.4 is 9.47 Å². The third kappa shape index (κ3) is 3.06. The molecule has 4 nitrogen and oxygen atoms in total. The first-order valence-electron chi connectivity index (χ1n) is 9.71. The zero-order valence-electron chi connectivity index (χ0n) is 15.7. The molecular weight excluding hydrogens is 368 g/mol. The van der Waals surface area contributed by atoms with Crippen LogP contribution in [-0.2, 0) is 0 Å². The largest absolute Gasteiger partial charge is 0.494 e. The third-order valence-corrected chi connectivity index (χ3v) is 6.06. The molecule has 0 radical (unpaired) electrons. The van der Waals surface area contributed by atoms with Gasteiger partial charge >= 0.3 is 0 Å². The number of para-hydroxylation sites is 1. The zero-order valence-corrected chi connectivity index (χ0v) is 16.6. The Balaban J connectivity index is 1.50. The monoisotopic (exact) mass is 390 g/mol. The second kappa shape index (κ2) is 7.32. The summed E-state index contributed by atoms with van der Waals surface area (Å²) in [5.41, 5.74) is 3.42. The van der Waals surface area contributed by atoms with Gasteiger partial charge in [-0.05, 0) is 48.2 Å². The molecule has 5 heteroatoms. The maximum Gasteiger partial charge on any atom is 0.213 e. The number of ether oxygens (including phenoxy) is 2. The van der Waals surface area contributed by atoms with Gasteiger partial charge < -0.3 is 9.47 Å². The smallest absolute Gasteiger partial charge is 0.213 e. The van der Waals surface area contributed by atoms with Crippen molar-refractivity contribution in [1.29, 1.82) is 0 Å². The van der Waals surface area contributed by atoms with Crippen LogP contribution in [-0.4, -0.2) is 17.3 Å². The molecule has 2 atom stereocenters. The SMILES string of the molecule is CCCOc1ccc([C@H]2Oc3ccccc3[C@@H]3CC(c4cccs4)=NN23)cc1. The lowest BCUT2D eigenvalue weighted by Crippen LogP contribution is -2.33. The Morgan fingerprint density at radius 1 is 1.11 bits per heavy atom. The minimum atomic E-state index is -0.238. The van der Waals surface area contributed by atoms with Crippen LogP contribution in [0.2, 0.25) is 0 Å². The number of rotatable bonds is 5. The highest BCUT2D eigenvalue weighted by Crippen LogP contribution is 2.47. The van der Waals surface area contributed by atoms with Gasteiger partial charge in [-0.1, -0.05) is 31.2 Å². The summed E-state index contributed by atoms with van der Waals surface area (Å²) in [4.78, 5) is 1.23. The molecule has 1 aromatic heterocycles. The van der Waals surface area contributed by atoms with Crippen molar-refractivity contribution in [2.75, 3.05) is 6.61 Å². The van der Waals surface area contributed by atoms with E-state index >= 15 is 0 Å². The minimum Gasteiger partial charge on any atom is -0.494 e. The summed E-state index contributed by atoms with van der Waals surface area (Å²) in [6.45, 7) is 2.84. The number of thiophene rings is 1. The van der Waals surface area contributed by atoms with Crippen molar-refractivity contribution in [3.63, 3.8) is 0 Å². The first kappa shape index (κ1) is 17.3. The molecule has 5 rings (SSSR count). The molecule has 2 aromatic carbocycles. The molecule has 3 aromatic rings. The van der Waals surface area contributed by atoms with Crippen LogP contribution >= 0.6 is 11.3 Å². The summed E-state index contributed by atoms with van der Waals surface area (Å²) in [5, 5.41) is 9.21. The zero-order chi connectivity index (χ0) is 18.9. The van der Waals surface area contributed by atoms with E-state index in [0.717, 1.165) is 42.2 Å². The molecule has 0 saturated heterocycles. The van der Waals surface area contributed by atoms with Gasteiger partial charge in [0, 0.05) is 17.5 Å². The van der Waals surface area contributed by atoms with Gasteiger partial charge in [-0.25, -0.2) is 5.01 Å². The Morgan fingerprint density at radius 3 is 2.75 bits per heavy atom. The molecule has 0 fully saturated rings. The van der Waals surface area contributed by atoms with E-state index in [1.807, 2.05) is 18.2 Å². The van der Waals surface area contributed by atoms with Crippen LogP contribution in [0.1, 0.15) is 48.0 Å². The Labute approximate surface area is 169 Å². The summed E-state index contributed by atoms with van der Waals surface area (Å²) in [6, 6.07) is 20.9. The topological polar surface area (TPSA) is 34.1 Å². The standard InChI is InChI=1S/C23H22N2O2S/c1-2-13-26-17-11-9-16(10-12-17)23-25-20(18-6-3-4-7-21(18)27-23)15-19(24-25)22-8-5-14-28-22/h3-12,14,20,23H,2,13,15H2,1H3/t20-,23+/m0/s1. The van der Waals surface area contributed by atoms with Crippen molar-refractivity contribution in [3.05, 3.63) is 82.0 Å². The third-order valence-electron chi connectivity index (χ3n) is 5.14. The number of hydrazone groups is 1. The summed E-state index contributed by atoms with van der Waals surface area (Å²) in [7, 11) is 0. The van der Waals surface area contributed by atoms with E-state index in [2.05, 4.69) is 59.8 Å². The molecule has 2 aliphatic heterocycles. The van der Waals surface area contributed by atoms with Crippen molar-refractivity contribution < 1.29 is 9.47 Å². The van der Waals surface area contributed by atoms with Gasteiger partial charge in [-0.3, -0.25) is 0 Å². The van der Waals surface area contributed by atoms with Crippen LogP contribution in [0.4, 0.5) is 0 Å². The summed E-state index contributed by atoms with van der Waals surface area (Å²) in [6.07, 6.45) is 1.66. The van der Waals surface area contributed by atoms with Gasteiger partial charge in [-0.2, -0.15) is 5.10 Å². The van der Waals surface area contributed by atoms with E-state index in [1.54, 1.807) is 11.3 Å². The molecule has 0 N–H and O–H groups in total. The highest BCUT2D eigenvalue weighted by Gasteiger charge is 2.40. The fourth-order valence-corrected chi connectivity index (χ4v) is 4.52. The fourth-order valence-electron chi connectivity index (χ4n) is 3.79. The lowest BCUT2D eigenvalue weighted by Gasteiger charge is -2.38. The lowest BCUT2D eigenvalue weighted by molar-refractivity contribution is -0.0190. The quantitative estimate of drug-likeness (QED) is 0.554. The number of fused-ring (bicyclic) bond motifs is 3. The predicted octanol–water partition coefficient (Wildman–Crippen LogP) is 5.78. The van der Waals surface area contributed by atoms with Crippen molar-refractivity contribution in [2.45, 2.75) is 32.0 Å². The summed E-state index contributed by atoms with van der Waals surface area (Å²) in [5.74, 6) is 1.84.